The molecule has 9 nitrogen and oxygen atoms in total. The second kappa shape index (κ2) is 10.8. The van der Waals surface area contributed by atoms with Crippen molar-refractivity contribution in [1.29, 1.82) is 0 Å². The lowest BCUT2D eigenvalue weighted by atomic mass is 9.90. The average Bonchev–Trinajstić information content (AvgIpc) is 2.74. The largest absolute Gasteiger partial charge is 0.444 e. The Morgan fingerprint density at radius 1 is 1.12 bits per heavy atom. The topological polar surface area (TPSA) is 114 Å². The Morgan fingerprint density at radius 3 is 2.55 bits per heavy atom. The van der Waals surface area contributed by atoms with Gasteiger partial charge in [-0.1, -0.05) is 24.5 Å². The standard InChI is InChI=1S/C24H35N5O4/c1-15-10-11-17-16(14-15)20(29-21(26-17)22(30)25-12-13-32-5)27-18-8-6-7-9-19(18)28-23(31)33-24(2,3)4/h10-11,14,18-19H,6-9,12-13H2,1-5H3,(H,25,30)(H,28,31)(H,26,27,29)/t18-,19+/m0/s1. The van der Waals surface area contributed by atoms with E-state index in [9.17, 15) is 9.59 Å². The number of nitrogens with zero attached hydrogens (tertiary/aromatic N) is 2. The second-order valence-electron chi connectivity index (χ2n) is 9.45. The highest BCUT2D eigenvalue weighted by Crippen LogP contribution is 2.27. The molecule has 0 spiro atoms. The molecule has 1 aromatic carbocycles. The Balaban J connectivity index is 1.86. The first-order valence-electron chi connectivity index (χ1n) is 11.5. The maximum atomic E-state index is 12.6. The Hall–Kier alpha value is -2.94. The molecule has 1 heterocycles. The van der Waals surface area contributed by atoms with E-state index in [0.717, 1.165) is 36.6 Å². The molecule has 2 amide bonds. The fraction of sp³-hybridized carbons (Fsp3) is 0.583. The molecule has 0 aliphatic heterocycles. The van der Waals surface area contributed by atoms with Crippen LogP contribution in [0.1, 0.15) is 62.6 Å². The van der Waals surface area contributed by atoms with E-state index in [0.29, 0.717) is 24.5 Å². The van der Waals surface area contributed by atoms with Crippen molar-refractivity contribution in [2.24, 2.45) is 0 Å². The summed E-state index contributed by atoms with van der Waals surface area (Å²) in [4.78, 5) is 34.1. The van der Waals surface area contributed by atoms with Gasteiger partial charge in [0, 0.05) is 25.1 Å². The molecule has 2 aromatic rings. The van der Waals surface area contributed by atoms with E-state index in [4.69, 9.17) is 9.47 Å². The SMILES string of the molecule is COCCNC(=O)c1nc(N[C@H]2CCCC[C@H]2NC(=O)OC(C)(C)C)c2cc(C)ccc2n1. The first kappa shape index (κ1) is 24.7. The zero-order valence-corrected chi connectivity index (χ0v) is 20.2. The van der Waals surface area contributed by atoms with Crippen LogP contribution in [-0.2, 0) is 9.47 Å². The molecule has 180 valence electrons. The summed E-state index contributed by atoms with van der Waals surface area (Å²) in [6.45, 7) is 8.32. The van der Waals surface area contributed by atoms with E-state index >= 15 is 0 Å². The summed E-state index contributed by atoms with van der Waals surface area (Å²) in [7, 11) is 1.58. The number of benzene rings is 1. The van der Waals surface area contributed by atoms with Gasteiger partial charge in [-0.3, -0.25) is 4.79 Å². The van der Waals surface area contributed by atoms with Crippen LogP contribution in [0.25, 0.3) is 10.9 Å². The molecule has 1 saturated carbocycles. The van der Waals surface area contributed by atoms with Crippen molar-refractivity contribution >= 4 is 28.7 Å². The number of anilines is 1. The predicted molar refractivity (Wildman–Crippen MR) is 128 cm³/mol. The Bertz CT molecular complexity index is 989. The molecule has 0 radical (unpaired) electrons. The third-order valence-electron chi connectivity index (χ3n) is 5.44. The predicted octanol–water partition coefficient (Wildman–Crippen LogP) is 3.56. The molecule has 3 N–H and O–H groups in total. The summed E-state index contributed by atoms with van der Waals surface area (Å²) in [6.07, 6.45) is 3.34. The van der Waals surface area contributed by atoms with Crippen molar-refractivity contribution in [3.05, 3.63) is 29.6 Å². The fourth-order valence-corrected chi connectivity index (χ4v) is 3.91. The van der Waals surface area contributed by atoms with Gasteiger partial charge in [0.1, 0.15) is 11.4 Å². The lowest BCUT2D eigenvalue weighted by Gasteiger charge is -2.34. The molecule has 1 aliphatic rings. The molecule has 2 atom stereocenters. The zero-order valence-electron chi connectivity index (χ0n) is 20.2. The maximum Gasteiger partial charge on any atom is 0.407 e. The van der Waals surface area contributed by atoms with Crippen LogP contribution in [0.5, 0.6) is 0 Å². The first-order chi connectivity index (χ1) is 15.7. The van der Waals surface area contributed by atoms with Crippen LogP contribution in [0.15, 0.2) is 18.2 Å². The van der Waals surface area contributed by atoms with Gasteiger partial charge < -0.3 is 25.4 Å². The Morgan fingerprint density at radius 2 is 1.85 bits per heavy atom. The van der Waals surface area contributed by atoms with Crippen molar-refractivity contribution in [3.8, 4) is 0 Å². The van der Waals surface area contributed by atoms with E-state index in [-0.39, 0.29) is 23.8 Å². The third kappa shape index (κ3) is 7.02. The third-order valence-corrected chi connectivity index (χ3v) is 5.44. The second-order valence-corrected chi connectivity index (χ2v) is 9.45. The van der Waals surface area contributed by atoms with Crippen LogP contribution in [0, 0.1) is 6.92 Å². The Labute approximate surface area is 195 Å². The number of rotatable bonds is 7. The summed E-state index contributed by atoms with van der Waals surface area (Å²) in [5.41, 5.74) is 1.19. The van der Waals surface area contributed by atoms with Gasteiger partial charge >= 0.3 is 6.09 Å². The van der Waals surface area contributed by atoms with Crippen LogP contribution in [0.3, 0.4) is 0 Å². The molecule has 3 rings (SSSR count). The molecular formula is C24H35N5O4. The van der Waals surface area contributed by atoms with Crippen LogP contribution >= 0.6 is 0 Å². The molecule has 0 saturated heterocycles. The van der Waals surface area contributed by atoms with Crippen LogP contribution in [0.2, 0.25) is 0 Å². The highest BCUT2D eigenvalue weighted by Gasteiger charge is 2.29. The van der Waals surface area contributed by atoms with Crippen LogP contribution < -0.4 is 16.0 Å². The van der Waals surface area contributed by atoms with Gasteiger partial charge in [-0.15, -0.1) is 0 Å². The fourth-order valence-electron chi connectivity index (χ4n) is 3.91. The zero-order chi connectivity index (χ0) is 24.0. The maximum absolute atomic E-state index is 12.6. The monoisotopic (exact) mass is 457 g/mol. The highest BCUT2D eigenvalue weighted by atomic mass is 16.6. The number of carbonyl (C=O) groups is 2. The lowest BCUT2D eigenvalue weighted by Crippen LogP contribution is -2.50. The quantitative estimate of drug-likeness (QED) is 0.545. The molecule has 1 fully saturated rings. The van der Waals surface area contributed by atoms with Gasteiger partial charge in [-0.2, -0.15) is 0 Å². The van der Waals surface area contributed by atoms with E-state index in [2.05, 4.69) is 25.9 Å². The van der Waals surface area contributed by atoms with Crippen molar-refractivity contribution in [2.75, 3.05) is 25.6 Å². The number of amides is 2. The number of alkyl carbamates (subject to hydrolysis) is 1. The number of aromatic nitrogens is 2. The number of fused-ring (bicyclic) bond motifs is 1. The summed E-state index contributed by atoms with van der Waals surface area (Å²) in [6, 6.07) is 5.69. The van der Waals surface area contributed by atoms with Crippen molar-refractivity contribution in [3.63, 3.8) is 0 Å². The Kier molecular flexibility index (Phi) is 8.07. The number of nitrogens with one attached hydrogen (secondary N) is 3. The van der Waals surface area contributed by atoms with Crippen molar-refractivity contribution in [1.82, 2.24) is 20.6 Å². The number of ether oxygens (including phenoxy) is 2. The summed E-state index contributed by atoms with van der Waals surface area (Å²) in [5.74, 6) is 0.325. The number of aryl methyl sites for hydroxylation is 1. The number of carbonyl (C=O) groups excluding carboxylic acids is 2. The van der Waals surface area contributed by atoms with Crippen LogP contribution in [-0.4, -0.2) is 59.9 Å². The van der Waals surface area contributed by atoms with E-state index in [1.165, 1.54) is 0 Å². The van der Waals surface area contributed by atoms with Crippen molar-refractivity contribution in [2.45, 2.75) is 71.1 Å². The molecular weight excluding hydrogens is 422 g/mol. The van der Waals surface area contributed by atoms with E-state index in [1.807, 2.05) is 45.9 Å². The minimum atomic E-state index is -0.562. The van der Waals surface area contributed by atoms with Gasteiger partial charge in [-0.25, -0.2) is 14.8 Å². The van der Waals surface area contributed by atoms with Gasteiger partial charge in [0.15, 0.2) is 0 Å². The number of hydrogen-bond donors (Lipinski definition) is 3. The first-order valence-corrected chi connectivity index (χ1v) is 11.5. The van der Waals surface area contributed by atoms with Gasteiger partial charge in [0.2, 0.25) is 5.82 Å². The summed E-state index contributed by atoms with van der Waals surface area (Å²) in [5, 5.41) is 10.1. The molecule has 1 aromatic heterocycles. The normalized spacial score (nSPS) is 18.6. The molecule has 0 unspecified atom stereocenters. The lowest BCUT2D eigenvalue weighted by molar-refractivity contribution is 0.0488. The summed E-state index contributed by atoms with van der Waals surface area (Å²) >= 11 is 0. The smallest absolute Gasteiger partial charge is 0.407 e. The molecule has 33 heavy (non-hydrogen) atoms. The van der Waals surface area contributed by atoms with Gasteiger partial charge in [0.25, 0.3) is 5.91 Å². The number of hydrogen-bond acceptors (Lipinski definition) is 7. The van der Waals surface area contributed by atoms with Gasteiger partial charge in [-0.05, 0) is 52.7 Å². The minimum Gasteiger partial charge on any atom is -0.444 e. The average molecular weight is 458 g/mol. The number of methoxy groups -OCH3 is 1. The molecule has 0 bridgehead atoms. The van der Waals surface area contributed by atoms with Crippen LogP contribution in [0.4, 0.5) is 10.6 Å². The minimum absolute atomic E-state index is 0.0470. The van der Waals surface area contributed by atoms with E-state index in [1.54, 1.807) is 7.11 Å². The highest BCUT2D eigenvalue weighted by molar-refractivity contribution is 5.96. The summed E-state index contributed by atoms with van der Waals surface area (Å²) < 4.78 is 10.5. The molecule has 1 aliphatic carbocycles. The van der Waals surface area contributed by atoms with Gasteiger partial charge in [0.05, 0.1) is 18.2 Å². The molecule has 9 heteroatoms. The van der Waals surface area contributed by atoms with Crippen molar-refractivity contribution < 1.29 is 19.1 Å². The van der Waals surface area contributed by atoms with E-state index < -0.39 is 11.7 Å².